The van der Waals surface area contributed by atoms with Crippen molar-refractivity contribution in [2.24, 2.45) is 23.5 Å². The van der Waals surface area contributed by atoms with Crippen molar-refractivity contribution in [2.45, 2.75) is 44.2 Å². The molecule has 202 valence electrons. The average Bonchev–Trinajstić information content (AvgIpc) is 3.46. The van der Waals surface area contributed by atoms with E-state index in [0.717, 1.165) is 69.8 Å². The maximum absolute atomic E-state index is 12.2. The molecule has 1 aromatic carbocycles. The van der Waals surface area contributed by atoms with Crippen LogP contribution in [-0.2, 0) is 22.4 Å². The minimum absolute atomic E-state index is 0.135. The Morgan fingerprint density at radius 1 is 1.18 bits per heavy atom. The molecule has 2 bridgehead atoms. The summed E-state index contributed by atoms with van der Waals surface area (Å²) in [5.74, 6) is 1.55. The van der Waals surface area contributed by atoms with Crippen molar-refractivity contribution in [1.29, 1.82) is 0 Å². The number of ether oxygens (including phenoxy) is 2. The number of morpholine rings is 1. The van der Waals surface area contributed by atoms with Gasteiger partial charge in [0, 0.05) is 25.2 Å². The predicted molar refractivity (Wildman–Crippen MR) is 147 cm³/mol. The van der Waals surface area contributed by atoms with Crippen LogP contribution in [0.1, 0.15) is 30.4 Å². The van der Waals surface area contributed by atoms with E-state index in [-0.39, 0.29) is 29.7 Å². The number of amides is 1. The van der Waals surface area contributed by atoms with Crippen molar-refractivity contribution in [3.8, 4) is 5.75 Å². The van der Waals surface area contributed by atoms with Crippen LogP contribution in [0.15, 0.2) is 30.5 Å². The number of aryl methyl sites for hydroxylation is 1. The number of primary amides is 1. The first-order chi connectivity index (χ1) is 18.5. The number of carbonyl (C=O) groups is 1. The minimum atomic E-state index is -0.298. The highest BCUT2D eigenvalue weighted by molar-refractivity contribution is 6.32. The van der Waals surface area contributed by atoms with Gasteiger partial charge in [0.2, 0.25) is 11.9 Å². The molecular formula is C28H35ClN6O3. The molecule has 2 heterocycles. The summed E-state index contributed by atoms with van der Waals surface area (Å²) < 4.78 is 11.5. The minimum Gasteiger partial charge on any atom is -0.494 e. The van der Waals surface area contributed by atoms with Crippen LogP contribution in [0.5, 0.6) is 5.75 Å². The molecule has 6 rings (SSSR count). The van der Waals surface area contributed by atoms with Crippen LogP contribution in [0.25, 0.3) is 0 Å². The fraction of sp³-hybridized carbons (Fsp3) is 0.536. The predicted octanol–water partition coefficient (Wildman–Crippen LogP) is 3.55. The number of rotatable bonds is 7. The molecule has 9 nitrogen and oxygen atoms in total. The highest BCUT2D eigenvalue weighted by atomic mass is 35.5. The Morgan fingerprint density at radius 2 is 1.97 bits per heavy atom. The zero-order chi connectivity index (χ0) is 26.2. The number of aromatic nitrogens is 2. The number of anilines is 3. The van der Waals surface area contributed by atoms with Gasteiger partial charge in [0.05, 0.1) is 38.1 Å². The number of hydrogen-bond acceptors (Lipinski definition) is 8. The highest BCUT2D eigenvalue weighted by Crippen LogP contribution is 2.45. The van der Waals surface area contributed by atoms with Crippen molar-refractivity contribution < 1.29 is 14.3 Å². The molecule has 1 aliphatic heterocycles. The van der Waals surface area contributed by atoms with E-state index in [1.54, 1.807) is 13.3 Å². The second kappa shape index (κ2) is 10.7. The normalized spacial score (nSPS) is 28.5. The number of carbonyl (C=O) groups excluding carboxylic acids is 1. The van der Waals surface area contributed by atoms with E-state index in [1.165, 1.54) is 11.1 Å². The Hall–Kier alpha value is -2.88. The number of methoxy groups -OCH3 is 1. The molecule has 1 aromatic heterocycles. The first-order valence-corrected chi connectivity index (χ1v) is 13.9. The largest absolute Gasteiger partial charge is 0.494 e. The van der Waals surface area contributed by atoms with Crippen molar-refractivity contribution in [3.63, 3.8) is 0 Å². The fourth-order valence-corrected chi connectivity index (χ4v) is 6.95. The third-order valence-corrected chi connectivity index (χ3v) is 8.96. The van der Waals surface area contributed by atoms with Gasteiger partial charge in [-0.25, -0.2) is 4.98 Å². The number of hydrogen-bond donors (Lipinski definition) is 3. The van der Waals surface area contributed by atoms with Gasteiger partial charge in [-0.3, -0.25) is 9.69 Å². The molecule has 0 radical (unpaired) electrons. The first-order valence-electron chi connectivity index (χ1n) is 13.6. The van der Waals surface area contributed by atoms with Gasteiger partial charge in [0.15, 0.2) is 5.82 Å². The van der Waals surface area contributed by atoms with Crippen LogP contribution in [0, 0.1) is 17.8 Å². The lowest BCUT2D eigenvalue weighted by molar-refractivity contribution is -0.122. The van der Waals surface area contributed by atoms with Crippen LogP contribution in [-0.4, -0.2) is 66.3 Å². The molecule has 4 aliphatic rings. The number of fused-ring (bicyclic) bond motifs is 3. The summed E-state index contributed by atoms with van der Waals surface area (Å²) in [5.41, 5.74) is 9.14. The van der Waals surface area contributed by atoms with Crippen molar-refractivity contribution in [3.05, 3.63) is 46.6 Å². The molecule has 1 amide bonds. The Labute approximate surface area is 228 Å². The zero-order valence-electron chi connectivity index (χ0n) is 21.7. The molecule has 2 fully saturated rings. The maximum atomic E-state index is 12.2. The second-order valence-corrected chi connectivity index (χ2v) is 11.1. The summed E-state index contributed by atoms with van der Waals surface area (Å²) in [5, 5.41) is 7.15. The molecular weight excluding hydrogens is 504 g/mol. The monoisotopic (exact) mass is 538 g/mol. The average molecular weight is 539 g/mol. The summed E-state index contributed by atoms with van der Waals surface area (Å²) in [7, 11) is 1.72. The Kier molecular flexibility index (Phi) is 7.16. The molecule has 2 aromatic rings. The summed E-state index contributed by atoms with van der Waals surface area (Å²) in [6.07, 6.45) is 11.0. The molecule has 3 aliphatic carbocycles. The van der Waals surface area contributed by atoms with Crippen LogP contribution >= 0.6 is 11.6 Å². The Morgan fingerprint density at radius 3 is 2.76 bits per heavy atom. The molecule has 1 saturated carbocycles. The SMILES string of the molecule is COc1c(Nc2ncc(Cl)c(N[C@H]3[C@@H](C(N)=O)[C@@H]4C=C[C@H]3C4)n2)ccc2c1CCC(N1CCOCC1)CC2. The standard InChI is InChI=1S/C28H35ClN6O3/c1-37-25-20-8-7-19(35-10-12-38-13-11-35)6-4-16(20)5-9-22(25)32-28-31-15-21(29)27(34-28)33-24-18-3-2-17(14-18)23(24)26(30)36/h2-3,5,9,15,17-19,23-24H,4,6-8,10-14H2,1H3,(H2,30,36)(H2,31,32,33,34)/t17-,18+,19?,23+,24-/m1/s1. The van der Waals surface area contributed by atoms with E-state index in [2.05, 4.69) is 43.7 Å². The molecule has 1 unspecified atom stereocenters. The summed E-state index contributed by atoms with van der Waals surface area (Å²) in [6.45, 7) is 3.66. The molecule has 1 saturated heterocycles. The van der Waals surface area contributed by atoms with Crippen LogP contribution in [0.4, 0.5) is 17.5 Å². The van der Waals surface area contributed by atoms with Crippen LogP contribution < -0.4 is 21.1 Å². The summed E-state index contributed by atoms with van der Waals surface area (Å²) in [4.78, 5) is 23.8. The molecule has 10 heteroatoms. The highest BCUT2D eigenvalue weighted by Gasteiger charge is 2.47. The fourth-order valence-electron chi connectivity index (χ4n) is 6.81. The van der Waals surface area contributed by atoms with E-state index in [1.807, 2.05) is 6.07 Å². The molecule has 4 N–H and O–H groups in total. The van der Waals surface area contributed by atoms with E-state index in [4.69, 9.17) is 26.8 Å². The van der Waals surface area contributed by atoms with E-state index in [9.17, 15) is 4.79 Å². The van der Waals surface area contributed by atoms with Gasteiger partial charge < -0.3 is 25.8 Å². The number of nitrogens with two attached hydrogens (primary N) is 1. The van der Waals surface area contributed by atoms with Gasteiger partial charge in [-0.1, -0.05) is 29.8 Å². The van der Waals surface area contributed by atoms with Crippen molar-refractivity contribution in [2.75, 3.05) is 44.0 Å². The third-order valence-electron chi connectivity index (χ3n) is 8.68. The zero-order valence-corrected chi connectivity index (χ0v) is 22.4. The van der Waals surface area contributed by atoms with Gasteiger partial charge in [-0.2, -0.15) is 4.98 Å². The topological polar surface area (TPSA) is 115 Å². The molecule has 5 atom stereocenters. The Balaban J connectivity index is 1.21. The van der Waals surface area contributed by atoms with E-state index < -0.39 is 0 Å². The van der Waals surface area contributed by atoms with Gasteiger partial charge in [-0.05, 0) is 61.1 Å². The van der Waals surface area contributed by atoms with Crippen molar-refractivity contribution in [1.82, 2.24) is 14.9 Å². The molecule has 0 spiro atoms. The maximum Gasteiger partial charge on any atom is 0.229 e. The number of allylic oxidation sites excluding steroid dienone is 1. The lowest BCUT2D eigenvalue weighted by atomic mass is 9.88. The number of nitrogens with zero attached hydrogens (tertiary/aromatic N) is 3. The smallest absolute Gasteiger partial charge is 0.229 e. The lowest BCUT2D eigenvalue weighted by Gasteiger charge is -2.34. The summed E-state index contributed by atoms with van der Waals surface area (Å²) in [6, 6.07) is 4.66. The van der Waals surface area contributed by atoms with E-state index >= 15 is 0 Å². The van der Waals surface area contributed by atoms with Gasteiger partial charge >= 0.3 is 0 Å². The van der Waals surface area contributed by atoms with Gasteiger partial charge in [0.1, 0.15) is 10.8 Å². The van der Waals surface area contributed by atoms with Crippen molar-refractivity contribution >= 4 is 35.0 Å². The third kappa shape index (κ3) is 4.83. The van der Waals surface area contributed by atoms with Gasteiger partial charge in [-0.15, -0.1) is 0 Å². The number of nitrogens with one attached hydrogen (secondary N) is 2. The first kappa shape index (κ1) is 25.4. The Bertz CT molecular complexity index is 1230. The van der Waals surface area contributed by atoms with E-state index in [0.29, 0.717) is 22.8 Å². The van der Waals surface area contributed by atoms with Crippen LogP contribution in [0.3, 0.4) is 0 Å². The second-order valence-electron chi connectivity index (χ2n) is 10.7. The number of benzene rings is 1. The number of halogens is 1. The molecule has 38 heavy (non-hydrogen) atoms. The quantitative estimate of drug-likeness (QED) is 0.362. The van der Waals surface area contributed by atoms with Crippen LogP contribution in [0.2, 0.25) is 5.02 Å². The summed E-state index contributed by atoms with van der Waals surface area (Å²) >= 11 is 6.47. The lowest BCUT2D eigenvalue weighted by Crippen LogP contribution is -2.43. The van der Waals surface area contributed by atoms with Gasteiger partial charge in [0.25, 0.3) is 0 Å².